The van der Waals surface area contributed by atoms with E-state index in [1.54, 1.807) is 0 Å². The van der Waals surface area contributed by atoms with E-state index < -0.39 is 0 Å². The number of hydrogen-bond donors (Lipinski definition) is 2. The van der Waals surface area contributed by atoms with Crippen molar-refractivity contribution in [2.45, 2.75) is 52.0 Å². The monoisotopic (exact) mass is 172 g/mol. The van der Waals surface area contributed by atoms with Crippen LogP contribution in [-0.2, 0) is 0 Å². The van der Waals surface area contributed by atoms with Gasteiger partial charge in [0.1, 0.15) is 0 Å². The number of unbranched alkanes of at least 4 members (excludes halogenated alkanes) is 2. The van der Waals surface area contributed by atoms with Gasteiger partial charge in [0.2, 0.25) is 0 Å². The van der Waals surface area contributed by atoms with Gasteiger partial charge in [-0.25, -0.2) is 0 Å². The molecule has 0 aliphatic carbocycles. The van der Waals surface area contributed by atoms with Crippen LogP contribution in [0.1, 0.15) is 46.0 Å². The standard InChI is InChI=1S/C10H24N2/c1-3-4-5-8-12-9-6-7-10(2)11/h10,12H,3-9,11H2,1-2H3. The van der Waals surface area contributed by atoms with E-state index >= 15 is 0 Å². The second kappa shape index (κ2) is 9.01. The highest BCUT2D eigenvalue weighted by molar-refractivity contribution is 4.55. The molecule has 1 atom stereocenters. The summed E-state index contributed by atoms with van der Waals surface area (Å²) >= 11 is 0. The third-order valence-electron chi connectivity index (χ3n) is 1.97. The van der Waals surface area contributed by atoms with Crippen LogP contribution in [0.15, 0.2) is 0 Å². The fourth-order valence-corrected chi connectivity index (χ4v) is 1.17. The molecule has 0 rings (SSSR count). The maximum Gasteiger partial charge on any atom is 0.00109 e. The van der Waals surface area contributed by atoms with Crippen LogP contribution in [0.25, 0.3) is 0 Å². The van der Waals surface area contributed by atoms with Crippen molar-refractivity contribution in [3.8, 4) is 0 Å². The molecule has 0 saturated heterocycles. The molecule has 0 aliphatic heterocycles. The van der Waals surface area contributed by atoms with Crippen LogP contribution in [0, 0.1) is 0 Å². The van der Waals surface area contributed by atoms with Crippen molar-refractivity contribution in [2.75, 3.05) is 13.1 Å². The number of nitrogens with two attached hydrogens (primary N) is 1. The summed E-state index contributed by atoms with van der Waals surface area (Å²) in [5.74, 6) is 0. The molecular formula is C10H24N2. The normalized spacial score (nSPS) is 13.2. The number of rotatable bonds is 8. The highest BCUT2D eigenvalue weighted by Gasteiger charge is 1.92. The van der Waals surface area contributed by atoms with Gasteiger partial charge in [0.15, 0.2) is 0 Å². The van der Waals surface area contributed by atoms with Crippen molar-refractivity contribution < 1.29 is 0 Å². The fraction of sp³-hybridized carbons (Fsp3) is 1.00. The Balaban J connectivity index is 2.82. The lowest BCUT2D eigenvalue weighted by molar-refractivity contribution is 0.557. The molecule has 74 valence electrons. The van der Waals surface area contributed by atoms with Crippen molar-refractivity contribution in [1.29, 1.82) is 0 Å². The zero-order chi connectivity index (χ0) is 9.23. The first kappa shape index (κ1) is 11.9. The predicted octanol–water partition coefficient (Wildman–Crippen LogP) is 1.89. The van der Waals surface area contributed by atoms with E-state index in [0.717, 1.165) is 13.0 Å². The van der Waals surface area contributed by atoms with Gasteiger partial charge < -0.3 is 11.1 Å². The second-order valence-corrected chi connectivity index (χ2v) is 3.58. The van der Waals surface area contributed by atoms with E-state index in [4.69, 9.17) is 5.73 Å². The molecule has 0 amide bonds. The molecule has 0 aromatic rings. The van der Waals surface area contributed by atoms with Crippen LogP contribution in [-0.4, -0.2) is 19.1 Å². The van der Waals surface area contributed by atoms with Gasteiger partial charge in [-0.15, -0.1) is 0 Å². The van der Waals surface area contributed by atoms with Crippen molar-refractivity contribution in [2.24, 2.45) is 5.73 Å². The average Bonchev–Trinajstić information content (AvgIpc) is 2.02. The Hall–Kier alpha value is -0.0800. The molecule has 0 saturated carbocycles. The lowest BCUT2D eigenvalue weighted by Gasteiger charge is -2.05. The van der Waals surface area contributed by atoms with Gasteiger partial charge in [-0.1, -0.05) is 19.8 Å². The van der Waals surface area contributed by atoms with Gasteiger partial charge in [-0.05, 0) is 39.3 Å². The van der Waals surface area contributed by atoms with Crippen LogP contribution in [0.2, 0.25) is 0 Å². The summed E-state index contributed by atoms with van der Waals surface area (Å²) in [5.41, 5.74) is 5.63. The Labute approximate surface area is 76.9 Å². The van der Waals surface area contributed by atoms with E-state index in [0.29, 0.717) is 6.04 Å². The van der Waals surface area contributed by atoms with E-state index in [2.05, 4.69) is 19.2 Å². The van der Waals surface area contributed by atoms with Gasteiger partial charge in [-0.3, -0.25) is 0 Å². The van der Waals surface area contributed by atoms with E-state index in [-0.39, 0.29) is 0 Å². The van der Waals surface area contributed by atoms with Crippen molar-refractivity contribution in [1.82, 2.24) is 5.32 Å². The van der Waals surface area contributed by atoms with Crippen LogP contribution in [0.3, 0.4) is 0 Å². The molecule has 1 unspecified atom stereocenters. The molecule has 2 nitrogen and oxygen atoms in total. The molecule has 0 aromatic carbocycles. The maximum atomic E-state index is 5.63. The molecule has 0 aliphatic rings. The number of hydrogen-bond acceptors (Lipinski definition) is 2. The quantitative estimate of drug-likeness (QED) is 0.549. The van der Waals surface area contributed by atoms with Crippen molar-refractivity contribution >= 4 is 0 Å². The van der Waals surface area contributed by atoms with Crippen LogP contribution >= 0.6 is 0 Å². The predicted molar refractivity (Wildman–Crippen MR) is 55.3 cm³/mol. The summed E-state index contributed by atoms with van der Waals surface area (Å²) in [7, 11) is 0. The van der Waals surface area contributed by atoms with Crippen LogP contribution < -0.4 is 11.1 Å². The SMILES string of the molecule is CCCCCNCCCC(C)N. The Morgan fingerprint density at radius 2 is 1.83 bits per heavy atom. The summed E-state index contributed by atoms with van der Waals surface area (Å²) in [6.07, 6.45) is 6.32. The molecular weight excluding hydrogens is 148 g/mol. The Kier molecular flexibility index (Phi) is 8.95. The summed E-state index contributed by atoms with van der Waals surface area (Å²) in [6.45, 7) is 6.60. The molecule has 12 heavy (non-hydrogen) atoms. The third-order valence-corrected chi connectivity index (χ3v) is 1.97. The van der Waals surface area contributed by atoms with Gasteiger partial charge in [-0.2, -0.15) is 0 Å². The minimum Gasteiger partial charge on any atom is -0.328 e. The average molecular weight is 172 g/mol. The molecule has 0 spiro atoms. The summed E-state index contributed by atoms with van der Waals surface area (Å²) in [6, 6.07) is 0.363. The molecule has 0 fully saturated rings. The van der Waals surface area contributed by atoms with E-state index in [9.17, 15) is 0 Å². The molecule has 3 N–H and O–H groups in total. The van der Waals surface area contributed by atoms with Crippen molar-refractivity contribution in [3.63, 3.8) is 0 Å². The first-order valence-electron chi connectivity index (χ1n) is 5.23. The first-order valence-corrected chi connectivity index (χ1v) is 5.23. The summed E-state index contributed by atoms with van der Waals surface area (Å²) < 4.78 is 0. The first-order chi connectivity index (χ1) is 5.77. The molecule has 2 heteroatoms. The van der Waals surface area contributed by atoms with Gasteiger partial charge in [0.05, 0.1) is 0 Å². The molecule has 0 aromatic heterocycles. The second-order valence-electron chi connectivity index (χ2n) is 3.58. The van der Waals surface area contributed by atoms with E-state index in [1.165, 1.54) is 32.2 Å². The van der Waals surface area contributed by atoms with Gasteiger partial charge >= 0.3 is 0 Å². The Bertz CT molecular complexity index is 81.9. The molecule has 0 radical (unpaired) electrons. The maximum absolute atomic E-state index is 5.63. The summed E-state index contributed by atoms with van der Waals surface area (Å²) in [4.78, 5) is 0. The Morgan fingerprint density at radius 3 is 2.42 bits per heavy atom. The topological polar surface area (TPSA) is 38.0 Å². The molecule has 0 heterocycles. The summed E-state index contributed by atoms with van der Waals surface area (Å²) in [5, 5.41) is 3.42. The van der Waals surface area contributed by atoms with E-state index in [1.807, 2.05) is 0 Å². The van der Waals surface area contributed by atoms with Gasteiger partial charge in [0, 0.05) is 6.04 Å². The minimum atomic E-state index is 0.363. The zero-order valence-corrected chi connectivity index (χ0v) is 8.60. The smallest absolute Gasteiger partial charge is 0.00109 e. The third kappa shape index (κ3) is 9.92. The fourth-order valence-electron chi connectivity index (χ4n) is 1.17. The number of nitrogens with one attached hydrogen (secondary N) is 1. The van der Waals surface area contributed by atoms with Crippen LogP contribution in [0.4, 0.5) is 0 Å². The highest BCUT2D eigenvalue weighted by atomic mass is 14.8. The zero-order valence-electron chi connectivity index (χ0n) is 8.60. The lowest BCUT2D eigenvalue weighted by atomic mass is 10.2. The Morgan fingerprint density at radius 1 is 1.17 bits per heavy atom. The highest BCUT2D eigenvalue weighted by Crippen LogP contribution is 1.93. The van der Waals surface area contributed by atoms with Gasteiger partial charge in [0.25, 0.3) is 0 Å². The minimum absolute atomic E-state index is 0.363. The van der Waals surface area contributed by atoms with Crippen molar-refractivity contribution in [3.05, 3.63) is 0 Å². The largest absolute Gasteiger partial charge is 0.328 e. The van der Waals surface area contributed by atoms with Crippen LogP contribution in [0.5, 0.6) is 0 Å². The molecule has 0 bridgehead atoms. The lowest BCUT2D eigenvalue weighted by Crippen LogP contribution is -2.20.